The lowest BCUT2D eigenvalue weighted by molar-refractivity contribution is 0.199. The fraction of sp³-hybridized carbons (Fsp3) is 0.455. The molecule has 0 spiro atoms. The summed E-state index contributed by atoms with van der Waals surface area (Å²) < 4.78 is 69.6. The van der Waals surface area contributed by atoms with Crippen molar-refractivity contribution < 1.29 is 26.3 Å². The summed E-state index contributed by atoms with van der Waals surface area (Å²) in [5, 5.41) is 2.85. The summed E-state index contributed by atoms with van der Waals surface area (Å²) in [4.78, 5) is -1.18. The van der Waals surface area contributed by atoms with Crippen molar-refractivity contribution in [1.82, 2.24) is 10.0 Å². The van der Waals surface area contributed by atoms with E-state index in [0.717, 1.165) is 0 Å². The number of hydrogen-bond donors (Lipinski definition) is 2. The number of benzene rings is 1. The van der Waals surface area contributed by atoms with Crippen LogP contribution in [0.2, 0.25) is 0 Å². The number of rotatable bonds is 8. The second kappa shape index (κ2) is 7.58. The summed E-state index contributed by atoms with van der Waals surface area (Å²) in [6, 6.07) is 0.628. The van der Waals surface area contributed by atoms with Gasteiger partial charge in [0.1, 0.15) is 17.5 Å². The van der Waals surface area contributed by atoms with Gasteiger partial charge in [0.05, 0.1) is 6.61 Å². The van der Waals surface area contributed by atoms with E-state index >= 15 is 0 Å². The highest BCUT2D eigenvalue weighted by Gasteiger charge is 2.24. The molecule has 2 N–H and O–H groups in total. The zero-order valence-electron chi connectivity index (χ0n) is 10.8. The Bertz CT molecular complexity index is 529. The molecule has 9 heteroatoms. The smallest absolute Gasteiger partial charge is 0.246 e. The lowest BCUT2D eigenvalue weighted by Gasteiger charge is -2.09. The van der Waals surface area contributed by atoms with Crippen molar-refractivity contribution in [2.45, 2.75) is 4.90 Å². The second-order valence-electron chi connectivity index (χ2n) is 3.84. The lowest BCUT2D eigenvalue weighted by atomic mass is 10.3. The molecule has 0 radical (unpaired) electrons. The molecule has 0 aliphatic heterocycles. The van der Waals surface area contributed by atoms with Crippen LogP contribution in [0.4, 0.5) is 13.2 Å². The Hall–Kier alpha value is -1.16. The van der Waals surface area contributed by atoms with Crippen molar-refractivity contribution in [2.75, 3.05) is 33.4 Å². The van der Waals surface area contributed by atoms with Crippen molar-refractivity contribution in [3.05, 3.63) is 29.6 Å². The molecule has 5 nitrogen and oxygen atoms in total. The van der Waals surface area contributed by atoms with E-state index in [1.165, 1.54) is 7.11 Å². The number of hydrogen-bond acceptors (Lipinski definition) is 4. The maximum absolute atomic E-state index is 13.4. The highest BCUT2D eigenvalue weighted by molar-refractivity contribution is 7.89. The highest BCUT2D eigenvalue weighted by atomic mass is 32.2. The van der Waals surface area contributed by atoms with Crippen molar-refractivity contribution in [1.29, 1.82) is 0 Å². The van der Waals surface area contributed by atoms with Gasteiger partial charge in [-0.25, -0.2) is 26.3 Å². The van der Waals surface area contributed by atoms with Crippen LogP contribution < -0.4 is 10.0 Å². The topological polar surface area (TPSA) is 67.4 Å². The SMILES string of the molecule is COCCNCCNS(=O)(=O)c1c(F)cc(F)cc1F. The first kappa shape index (κ1) is 16.9. The quantitative estimate of drug-likeness (QED) is 0.691. The Balaban J connectivity index is 2.66. The first-order valence-corrected chi connectivity index (χ1v) is 7.20. The van der Waals surface area contributed by atoms with Gasteiger partial charge in [0, 0.05) is 38.9 Å². The zero-order chi connectivity index (χ0) is 15.2. The summed E-state index contributed by atoms with van der Waals surface area (Å²) in [5.74, 6) is -4.12. The third-order valence-corrected chi connectivity index (χ3v) is 3.82. The Morgan fingerprint density at radius 3 is 2.25 bits per heavy atom. The van der Waals surface area contributed by atoms with Gasteiger partial charge < -0.3 is 10.1 Å². The molecule has 0 saturated carbocycles. The largest absolute Gasteiger partial charge is 0.383 e. The molecule has 114 valence electrons. The minimum absolute atomic E-state index is 0.0672. The summed E-state index contributed by atoms with van der Waals surface area (Å²) in [5.41, 5.74) is 0. The van der Waals surface area contributed by atoms with Gasteiger partial charge in [0.15, 0.2) is 4.90 Å². The standard InChI is InChI=1S/C11H15F3N2O3S/c1-19-5-4-15-2-3-16-20(17,18)11-9(13)6-8(12)7-10(11)14/h6-7,15-16H,2-5H2,1H3. The summed E-state index contributed by atoms with van der Waals surface area (Å²) in [7, 11) is -2.85. The number of ether oxygens (including phenoxy) is 1. The second-order valence-corrected chi connectivity index (χ2v) is 5.54. The molecule has 0 amide bonds. The van der Waals surface area contributed by atoms with Crippen LogP contribution in [0.3, 0.4) is 0 Å². The minimum atomic E-state index is -4.37. The van der Waals surface area contributed by atoms with E-state index in [9.17, 15) is 21.6 Å². The van der Waals surface area contributed by atoms with Gasteiger partial charge in [0.2, 0.25) is 10.0 Å². The predicted molar refractivity (Wildman–Crippen MR) is 66.3 cm³/mol. The van der Waals surface area contributed by atoms with Gasteiger partial charge in [0.25, 0.3) is 0 Å². The fourth-order valence-corrected chi connectivity index (χ4v) is 2.58. The highest BCUT2D eigenvalue weighted by Crippen LogP contribution is 2.19. The van der Waals surface area contributed by atoms with Crippen molar-refractivity contribution >= 4 is 10.0 Å². The van der Waals surface area contributed by atoms with Crippen molar-refractivity contribution in [2.24, 2.45) is 0 Å². The Labute approximate surface area is 115 Å². The predicted octanol–water partition coefficient (Wildman–Crippen LogP) is 0.618. The van der Waals surface area contributed by atoms with Gasteiger partial charge >= 0.3 is 0 Å². The van der Waals surface area contributed by atoms with Crippen LogP contribution in [-0.2, 0) is 14.8 Å². The van der Waals surface area contributed by atoms with E-state index in [4.69, 9.17) is 4.74 Å². The van der Waals surface area contributed by atoms with Gasteiger partial charge in [-0.2, -0.15) is 0 Å². The number of halogens is 3. The third-order valence-electron chi connectivity index (χ3n) is 2.31. The third kappa shape index (κ3) is 4.75. The van der Waals surface area contributed by atoms with E-state index in [1.807, 2.05) is 4.72 Å². The van der Waals surface area contributed by atoms with Gasteiger partial charge in [-0.3, -0.25) is 0 Å². The van der Waals surface area contributed by atoms with Gasteiger partial charge in [-0.05, 0) is 0 Å². The molecule has 0 bridgehead atoms. The van der Waals surface area contributed by atoms with Crippen LogP contribution in [-0.4, -0.2) is 41.8 Å². The average Bonchev–Trinajstić information content (AvgIpc) is 2.31. The van der Waals surface area contributed by atoms with E-state index in [2.05, 4.69) is 5.32 Å². The molecule has 0 atom stereocenters. The maximum atomic E-state index is 13.4. The zero-order valence-corrected chi connectivity index (χ0v) is 11.6. The van der Waals surface area contributed by atoms with E-state index < -0.39 is 32.4 Å². The molecule has 1 rings (SSSR count). The first-order valence-electron chi connectivity index (χ1n) is 5.72. The molecule has 0 aliphatic rings. The molecule has 0 fully saturated rings. The number of methoxy groups -OCH3 is 1. The maximum Gasteiger partial charge on any atom is 0.246 e. The monoisotopic (exact) mass is 312 g/mol. The van der Waals surface area contributed by atoms with Gasteiger partial charge in [-0.1, -0.05) is 0 Å². The summed E-state index contributed by atoms with van der Waals surface area (Å²) >= 11 is 0. The molecule has 0 aromatic heterocycles. The van der Waals surface area contributed by atoms with Crippen LogP contribution in [0.25, 0.3) is 0 Å². The summed E-state index contributed by atoms with van der Waals surface area (Å²) in [6.45, 7) is 1.15. The Morgan fingerprint density at radius 2 is 1.70 bits per heavy atom. The minimum Gasteiger partial charge on any atom is -0.383 e. The Morgan fingerprint density at radius 1 is 1.10 bits per heavy atom. The Kier molecular flexibility index (Phi) is 6.40. The van der Waals surface area contributed by atoms with Gasteiger partial charge in [-0.15, -0.1) is 0 Å². The lowest BCUT2D eigenvalue weighted by Crippen LogP contribution is -2.33. The summed E-state index contributed by atoms with van der Waals surface area (Å²) in [6.07, 6.45) is 0. The van der Waals surface area contributed by atoms with Crippen molar-refractivity contribution in [3.63, 3.8) is 0 Å². The molecule has 0 unspecified atom stereocenters. The van der Waals surface area contributed by atoms with Crippen LogP contribution in [0.15, 0.2) is 17.0 Å². The molecule has 0 saturated heterocycles. The normalized spacial score (nSPS) is 11.8. The van der Waals surface area contributed by atoms with Crippen LogP contribution in [0.1, 0.15) is 0 Å². The van der Waals surface area contributed by atoms with Crippen LogP contribution >= 0.6 is 0 Å². The molecule has 0 heterocycles. The molecule has 1 aromatic rings. The van der Waals surface area contributed by atoms with Crippen LogP contribution in [0, 0.1) is 17.5 Å². The van der Waals surface area contributed by atoms with Crippen LogP contribution in [0.5, 0.6) is 0 Å². The van der Waals surface area contributed by atoms with E-state index in [-0.39, 0.29) is 13.1 Å². The average molecular weight is 312 g/mol. The molecule has 20 heavy (non-hydrogen) atoms. The fourth-order valence-electron chi connectivity index (χ4n) is 1.43. The molecular weight excluding hydrogens is 297 g/mol. The first-order chi connectivity index (χ1) is 9.38. The number of sulfonamides is 1. The van der Waals surface area contributed by atoms with E-state index in [0.29, 0.717) is 25.3 Å². The molecule has 1 aromatic carbocycles. The number of nitrogens with one attached hydrogen (secondary N) is 2. The molecule has 0 aliphatic carbocycles. The molecular formula is C11H15F3N2O3S. The van der Waals surface area contributed by atoms with Crippen molar-refractivity contribution in [3.8, 4) is 0 Å². The van der Waals surface area contributed by atoms with E-state index in [1.54, 1.807) is 0 Å².